The first-order chi connectivity index (χ1) is 7.22. The predicted molar refractivity (Wildman–Crippen MR) is 64.0 cm³/mol. The number of hydrogen-bond acceptors (Lipinski definition) is 3. The van der Waals surface area contributed by atoms with Crippen LogP contribution in [0.3, 0.4) is 0 Å². The van der Waals surface area contributed by atoms with E-state index in [1.807, 2.05) is 0 Å². The molecule has 0 fully saturated rings. The summed E-state index contributed by atoms with van der Waals surface area (Å²) in [6.07, 6.45) is 2.38. The summed E-state index contributed by atoms with van der Waals surface area (Å²) in [5, 5.41) is 0. The van der Waals surface area contributed by atoms with Gasteiger partial charge >= 0.3 is 0 Å². The first-order valence-corrected chi connectivity index (χ1v) is 5.52. The van der Waals surface area contributed by atoms with E-state index >= 15 is 0 Å². The van der Waals surface area contributed by atoms with Crippen LogP contribution in [0, 0.1) is 0 Å². The second-order valence-electron chi connectivity index (χ2n) is 4.26. The fraction of sp³-hybridized carbons (Fsp3) is 0.500. The minimum absolute atomic E-state index is 0.0254. The molecule has 0 saturated carbocycles. The van der Waals surface area contributed by atoms with E-state index in [4.69, 9.17) is 11.5 Å². The summed E-state index contributed by atoms with van der Waals surface area (Å²) < 4.78 is 0. The maximum Gasteiger partial charge on any atom is 0.0419 e. The van der Waals surface area contributed by atoms with E-state index in [1.165, 1.54) is 17.7 Å². The second-order valence-corrected chi connectivity index (χ2v) is 4.26. The van der Waals surface area contributed by atoms with Gasteiger partial charge in [-0.05, 0) is 30.0 Å². The lowest BCUT2D eigenvalue weighted by atomic mass is 9.97. The van der Waals surface area contributed by atoms with Crippen LogP contribution < -0.4 is 16.4 Å². The lowest BCUT2D eigenvalue weighted by Gasteiger charge is -2.28. The van der Waals surface area contributed by atoms with Gasteiger partial charge in [0.1, 0.15) is 0 Å². The van der Waals surface area contributed by atoms with Gasteiger partial charge in [0.15, 0.2) is 0 Å². The molecule has 0 amide bonds. The third-order valence-corrected chi connectivity index (χ3v) is 3.14. The average molecular weight is 205 g/mol. The normalized spacial score (nSPS) is 17.4. The molecule has 1 aliphatic heterocycles. The van der Waals surface area contributed by atoms with Gasteiger partial charge in [0.05, 0.1) is 0 Å². The SMILES string of the molecule is CN1CCCc2cc([C@H](N)CN)ccc21. The summed E-state index contributed by atoms with van der Waals surface area (Å²) >= 11 is 0. The van der Waals surface area contributed by atoms with Crippen LogP contribution in [0.2, 0.25) is 0 Å². The van der Waals surface area contributed by atoms with E-state index in [2.05, 4.69) is 30.1 Å². The highest BCUT2D eigenvalue weighted by atomic mass is 15.1. The Morgan fingerprint density at radius 3 is 3.00 bits per heavy atom. The molecule has 1 atom stereocenters. The molecule has 0 aliphatic carbocycles. The summed E-state index contributed by atoms with van der Waals surface area (Å²) in [5.74, 6) is 0. The Morgan fingerprint density at radius 2 is 2.27 bits per heavy atom. The van der Waals surface area contributed by atoms with Crippen molar-refractivity contribution in [3.63, 3.8) is 0 Å². The summed E-state index contributed by atoms with van der Waals surface area (Å²) in [6, 6.07) is 6.45. The minimum atomic E-state index is -0.0254. The minimum Gasteiger partial charge on any atom is -0.374 e. The van der Waals surface area contributed by atoms with Crippen LogP contribution in [-0.4, -0.2) is 20.1 Å². The van der Waals surface area contributed by atoms with Crippen LogP contribution in [0.4, 0.5) is 5.69 Å². The van der Waals surface area contributed by atoms with Gasteiger partial charge < -0.3 is 16.4 Å². The predicted octanol–water partition coefficient (Wildman–Crippen LogP) is 1.03. The van der Waals surface area contributed by atoms with Gasteiger partial charge in [-0.1, -0.05) is 12.1 Å². The molecule has 4 N–H and O–H groups in total. The molecule has 0 radical (unpaired) electrons. The highest BCUT2D eigenvalue weighted by Gasteiger charge is 2.14. The molecule has 0 saturated heterocycles. The molecule has 0 unspecified atom stereocenters. The maximum absolute atomic E-state index is 5.92. The number of aryl methyl sites for hydroxylation is 1. The fourth-order valence-electron chi connectivity index (χ4n) is 2.17. The molecule has 15 heavy (non-hydrogen) atoms. The van der Waals surface area contributed by atoms with Crippen LogP contribution in [0.5, 0.6) is 0 Å². The van der Waals surface area contributed by atoms with Crippen molar-refractivity contribution >= 4 is 5.69 Å². The van der Waals surface area contributed by atoms with Crippen molar-refractivity contribution in [2.24, 2.45) is 11.5 Å². The van der Waals surface area contributed by atoms with Crippen LogP contribution >= 0.6 is 0 Å². The summed E-state index contributed by atoms with van der Waals surface area (Å²) in [5.41, 5.74) is 15.4. The van der Waals surface area contributed by atoms with E-state index in [9.17, 15) is 0 Å². The topological polar surface area (TPSA) is 55.3 Å². The van der Waals surface area contributed by atoms with E-state index in [-0.39, 0.29) is 6.04 Å². The lowest BCUT2D eigenvalue weighted by molar-refractivity contribution is 0.719. The third-order valence-electron chi connectivity index (χ3n) is 3.14. The Morgan fingerprint density at radius 1 is 1.47 bits per heavy atom. The van der Waals surface area contributed by atoms with Crippen molar-refractivity contribution in [2.45, 2.75) is 18.9 Å². The number of nitrogens with two attached hydrogens (primary N) is 2. The number of fused-ring (bicyclic) bond motifs is 1. The number of rotatable bonds is 2. The standard InChI is InChI=1S/C12H19N3/c1-15-6-2-3-10-7-9(11(14)8-13)4-5-12(10)15/h4-5,7,11H,2-3,6,8,13-14H2,1H3/t11-/m1/s1. The third kappa shape index (κ3) is 1.98. The van der Waals surface area contributed by atoms with Crippen LogP contribution in [-0.2, 0) is 6.42 Å². The quantitative estimate of drug-likeness (QED) is 0.758. The van der Waals surface area contributed by atoms with Gasteiger partial charge in [-0.25, -0.2) is 0 Å². The largest absolute Gasteiger partial charge is 0.374 e. The van der Waals surface area contributed by atoms with Gasteiger partial charge in [-0.15, -0.1) is 0 Å². The van der Waals surface area contributed by atoms with Crippen molar-refractivity contribution in [3.8, 4) is 0 Å². The number of nitrogens with zero attached hydrogens (tertiary/aromatic N) is 1. The van der Waals surface area contributed by atoms with Crippen molar-refractivity contribution in [3.05, 3.63) is 29.3 Å². The summed E-state index contributed by atoms with van der Waals surface area (Å²) in [6.45, 7) is 1.66. The van der Waals surface area contributed by atoms with Crippen molar-refractivity contribution in [2.75, 3.05) is 25.0 Å². The van der Waals surface area contributed by atoms with Crippen molar-refractivity contribution in [1.29, 1.82) is 0 Å². The molecule has 3 heteroatoms. The van der Waals surface area contributed by atoms with Gasteiger partial charge in [-0.2, -0.15) is 0 Å². The molecule has 0 aromatic heterocycles. The Balaban J connectivity index is 2.33. The van der Waals surface area contributed by atoms with Crippen LogP contribution in [0.25, 0.3) is 0 Å². The fourth-order valence-corrected chi connectivity index (χ4v) is 2.17. The zero-order valence-electron chi connectivity index (χ0n) is 9.24. The molecule has 1 heterocycles. The monoisotopic (exact) mass is 205 g/mol. The molecule has 1 aromatic rings. The van der Waals surface area contributed by atoms with E-state index in [0.29, 0.717) is 6.54 Å². The van der Waals surface area contributed by atoms with Gasteiger partial charge in [0.25, 0.3) is 0 Å². The first-order valence-electron chi connectivity index (χ1n) is 5.52. The molecule has 3 nitrogen and oxygen atoms in total. The van der Waals surface area contributed by atoms with E-state index in [1.54, 1.807) is 0 Å². The molecule has 2 rings (SSSR count). The zero-order chi connectivity index (χ0) is 10.8. The molecular weight excluding hydrogens is 186 g/mol. The number of anilines is 1. The maximum atomic E-state index is 5.92. The summed E-state index contributed by atoms with van der Waals surface area (Å²) in [4.78, 5) is 2.30. The molecule has 1 aromatic carbocycles. The molecule has 1 aliphatic rings. The first kappa shape index (κ1) is 10.5. The Hall–Kier alpha value is -1.06. The molecule has 0 spiro atoms. The van der Waals surface area contributed by atoms with Crippen LogP contribution in [0.15, 0.2) is 18.2 Å². The Bertz CT molecular complexity index is 349. The Kier molecular flexibility index (Phi) is 2.93. The highest BCUT2D eigenvalue weighted by molar-refractivity contribution is 5.56. The molecular formula is C12H19N3. The van der Waals surface area contributed by atoms with Gasteiger partial charge in [0, 0.05) is 31.9 Å². The molecule has 0 bridgehead atoms. The molecule has 82 valence electrons. The smallest absolute Gasteiger partial charge is 0.0419 e. The van der Waals surface area contributed by atoms with E-state index in [0.717, 1.165) is 18.5 Å². The highest BCUT2D eigenvalue weighted by Crippen LogP contribution is 2.28. The zero-order valence-corrected chi connectivity index (χ0v) is 9.24. The number of hydrogen-bond donors (Lipinski definition) is 2. The second kappa shape index (κ2) is 4.21. The Labute approximate surface area is 91.1 Å². The lowest BCUT2D eigenvalue weighted by Crippen LogP contribution is -2.26. The van der Waals surface area contributed by atoms with Crippen LogP contribution in [0.1, 0.15) is 23.6 Å². The van der Waals surface area contributed by atoms with E-state index < -0.39 is 0 Å². The van der Waals surface area contributed by atoms with Gasteiger partial charge in [-0.3, -0.25) is 0 Å². The van der Waals surface area contributed by atoms with Crippen molar-refractivity contribution in [1.82, 2.24) is 0 Å². The van der Waals surface area contributed by atoms with Crippen molar-refractivity contribution < 1.29 is 0 Å². The summed E-state index contributed by atoms with van der Waals surface area (Å²) in [7, 11) is 2.14. The van der Waals surface area contributed by atoms with Gasteiger partial charge in [0.2, 0.25) is 0 Å². The average Bonchev–Trinajstić information content (AvgIpc) is 2.28. The number of benzene rings is 1.